The Bertz CT molecular complexity index is 1050. The van der Waals surface area contributed by atoms with Crippen LogP contribution in [0, 0.1) is 17.1 Å². The van der Waals surface area contributed by atoms with Gasteiger partial charge in [-0.1, -0.05) is 18.2 Å². The second kappa shape index (κ2) is 7.29. The molecule has 2 aromatic heterocycles. The second-order valence-electron chi connectivity index (χ2n) is 7.05. The zero-order valence-corrected chi connectivity index (χ0v) is 15.3. The highest BCUT2D eigenvalue weighted by Crippen LogP contribution is 2.28. The van der Waals surface area contributed by atoms with Crippen LogP contribution in [0.4, 0.5) is 10.2 Å². The molecule has 3 N–H and O–H groups in total. The molecule has 1 aliphatic rings. The Hall–Kier alpha value is -3.43. The number of nitrogens with two attached hydrogens (primary N) is 1. The van der Waals surface area contributed by atoms with E-state index < -0.39 is 5.54 Å². The van der Waals surface area contributed by atoms with Crippen molar-refractivity contribution in [2.45, 2.75) is 12.0 Å². The van der Waals surface area contributed by atoms with Gasteiger partial charge in [0, 0.05) is 24.0 Å². The van der Waals surface area contributed by atoms with Crippen LogP contribution in [0.3, 0.4) is 0 Å². The van der Waals surface area contributed by atoms with Crippen LogP contribution in [0.15, 0.2) is 54.7 Å². The summed E-state index contributed by atoms with van der Waals surface area (Å²) in [5.41, 5.74) is 8.99. The minimum absolute atomic E-state index is 0.250. The normalized spacial score (nSPS) is 19.2. The number of hydrogen-bond acceptors (Lipinski definition) is 4. The van der Waals surface area contributed by atoms with Crippen LogP contribution >= 0.6 is 0 Å². The highest BCUT2D eigenvalue weighted by atomic mass is 19.1. The number of aromatic amines is 1. The van der Waals surface area contributed by atoms with Crippen molar-refractivity contribution >= 4 is 18.0 Å². The van der Waals surface area contributed by atoms with Gasteiger partial charge < -0.3 is 15.6 Å². The molecule has 28 heavy (non-hydrogen) atoms. The summed E-state index contributed by atoms with van der Waals surface area (Å²) in [5.74, 6) is 0.706. The van der Waals surface area contributed by atoms with E-state index in [1.165, 1.54) is 12.1 Å². The lowest BCUT2D eigenvalue weighted by Gasteiger charge is -2.18. The fraction of sp³-hybridized carbons (Fsp3) is 0.182. The number of benzene rings is 1. The second-order valence-corrected chi connectivity index (χ2v) is 7.05. The monoisotopic (exact) mass is 373 g/mol. The number of hydrogen-bond donors (Lipinski definition) is 2. The lowest BCUT2D eigenvalue weighted by molar-refractivity contribution is 0.605. The Kier molecular flexibility index (Phi) is 4.68. The third kappa shape index (κ3) is 3.80. The summed E-state index contributed by atoms with van der Waals surface area (Å²) in [6.45, 7) is 1.28. The Labute approximate surface area is 162 Å². The van der Waals surface area contributed by atoms with E-state index in [1.54, 1.807) is 18.3 Å². The van der Waals surface area contributed by atoms with Crippen LogP contribution in [0.25, 0.3) is 23.4 Å². The predicted molar refractivity (Wildman–Crippen MR) is 109 cm³/mol. The highest BCUT2D eigenvalue weighted by Gasteiger charge is 2.35. The maximum atomic E-state index is 13.0. The molecular weight excluding hydrogens is 353 g/mol. The van der Waals surface area contributed by atoms with Crippen molar-refractivity contribution in [3.8, 4) is 17.3 Å². The quantitative estimate of drug-likeness (QED) is 0.728. The zero-order chi connectivity index (χ0) is 19.6. The van der Waals surface area contributed by atoms with Gasteiger partial charge in [-0.15, -0.1) is 0 Å². The summed E-state index contributed by atoms with van der Waals surface area (Å²) in [6.07, 6.45) is 6.22. The average molecular weight is 373 g/mol. The highest BCUT2D eigenvalue weighted by molar-refractivity contribution is 5.71. The molecular formula is C22H20FN5. The van der Waals surface area contributed by atoms with E-state index in [9.17, 15) is 9.65 Å². The molecule has 5 nitrogen and oxygen atoms in total. The van der Waals surface area contributed by atoms with Crippen LogP contribution < -0.4 is 10.6 Å². The number of nitriles is 1. The minimum atomic E-state index is -0.778. The van der Waals surface area contributed by atoms with Crippen molar-refractivity contribution in [3.05, 3.63) is 71.8 Å². The molecule has 1 atom stereocenters. The fourth-order valence-electron chi connectivity index (χ4n) is 3.33. The molecule has 0 saturated carbocycles. The van der Waals surface area contributed by atoms with Crippen molar-refractivity contribution in [3.63, 3.8) is 0 Å². The van der Waals surface area contributed by atoms with E-state index >= 15 is 0 Å². The van der Waals surface area contributed by atoms with E-state index in [0.717, 1.165) is 34.9 Å². The summed E-state index contributed by atoms with van der Waals surface area (Å²) in [4.78, 5) is 9.88. The Morgan fingerprint density at radius 1 is 1.18 bits per heavy atom. The fourth-order valence-corrected chi connectivity index (χ4v) is 3.33. The van der Waals surface area contributed by atoms with Crippen LogP contribution in [0.2, 0.25) is 0 Å². The van der Waals surface area contributed by atoms with E-state index in [0.29, 0.717) is 13.0 Å². The van der Waals surface area contributed by atoms with Crippen LogP contribution in [0.1, 0.15) is 17.7 Å². The molecule has 0 amide bonds. The first kappa shape index (κ1) is 18.0. The zero-order valence-electron chi connectivity index (χ0n) is 15.3. The van der Waals surface area contributed by atoms with E-state index in [4.69, 9.17) is 5.73 Å². The van der Waals surface area contributed by atoms with Crippen molar-refractivity contribution in [2.75, 3.05) is 18.0 Å². The van der Waals surface area contributed by atoms with Crippen molar-refractivity contribution in [1.29, 1.82) is 5.26 Å². The first-order valence-electron chi connectivity index (χ1n) is 9.09. The molecule has 3 heterocycles. The number of pyridine rings is 1. The van der Waals surface area contributed by atoms with E-state index in [-0.39, 0.29) is 5.82 Å². The molecule has 3 aromatic rings. The maximum Gasteiger partial charge on any atom is 0.123 e. The molecule has 1 saturated heterocycles. The summed E-state index contributed by atoms with van der Waals surface area (Å²) < 4.78 is 13.0. The number of aromatic nitrogens is 2. The van der Waals surface area contributed by atoms with Gasteiger partial charge in [0.25, 0.3) is 0 Å². The Morgan fingerprint density at radius 2 is 2.00 bits per heavy atom. The molecule has 1 aliphatic heterocycles. The lowest BCUT2D eigenvalue weighted by atomic mass is 10.0. The number of halogens is 1. The van der Waals surface area contributed by atoms with Gasteiger partial charge in [0.15, 0.2) is 0 Å². The molecule has 6 heteroatoms. The number of nitrogens with one attached hydrogen (secondary N) is 1. The van der Waals surface area contributed by atoms with Gasteiger partial charge in [0.2, 0.25) is 0 Å². The smallest absolute Gasteiger partial charge is 0.123 e. The molecule has 0 aliphatic carbocycles. The first-order valence-corrected chi connectivity index (χ1v) is 9.09. The largest absolute Gasteiger partial charge is 0.355 e. The third-order valence-corrected chi connectivity index (χ3v) is 4.94. The maximum absolute atomic E-state index is 13.0. The molecule has 4 rings (SSSR count). The van der Waals surface area contributed by atoms with E-state index in [2.05, 4.69) is 20.9 Å². The number of H-pyrrole nitrogens is 1. The summed E-state index contributed by atoms with van der Waals surface area (Å²) >= 11 is 0. The van der Waals surface area contributed by atoms with Crippen LogP contribution in [-0.4, -0.2) is 28.6 Å². The molecule has 0 spiro atoms. The summed E-state index contributed by atoms with van der Waals surface area (Å²) in [6, 6.07) is 16.5. The van der Waals surface area contributed by atoms with Crippen LogP contribution in [0.5, 0.6) is 0 Å². The van der Waals surface area contributed by atoms with Gasteiger partial charge in [-0.3, -0.25) is 4.98 Å². The predicted octanol–water partition coefficient (Wildman–Crippen LogP) is 3.82. The molecule has 140 valence electrons. The van der Waals surface area contributed by atoms with Gasteiger partial charge in [-0.2, -0.15) is 5.26 Å². The number of nitrogens with zero attached hydrogens (tertiary/aromatic N) is 3. The Morgan fingerprint density at radius 3 is 2.75 bits per heavy atom. The molecule has 0 unspecified atom stereocenters. The molecule has 0 radical (unpaired) electrons. The van der Waals surface area contributed by atoms with Gasteiger partial charge >= 0.3 is 0 Å². The van der Waals surface area contributed by atoms with Gasteiger partial charge in [-0.25, -0.2) is 4.39 Å². The third-order valence-electron chi connectivity index (χ3n) is 4.94. The standard InChI is InChI=1S/C22H20FN5/c23-18-4-1-16(2-5-18)3-6-19-13-17(9-11-26-19)20-7-8-21(27-20)28-12-10-22(25,14-24)15-28/h1-9,11,13,27H,10,12,15,25H2/b6-3+/t22-/m0/s1. The molecule has 0 bridgehead atoms. The minimum Gasteiger partial charge on any atom is -0.355 e. The van der Waals surface area contributed by atoms with Crippen molar-refractivity contribution in [2.24, 2.45) is 5.73 Å². The first-order chi connectivity index (χ1) is 13.5. The molecule has 1 fully saturated rings. The topological polar surface area (TPSA) is 81.7 Å². The molecule has 1 aromatic carbocycles. The van der Waals surface area contributed by atoms with Crippen molar-refractivity contribution in [1.82, 2.24) is 9.97 Å². The van der Waals surface area contributed by atoms with Gasteiger partial charge in [-0.05, 0) is 54.5 Å². The van der Waals surface area contributed by atoms with Crippen LogP contribution in [-0.2, 0) is 0 Å². The van der Waals surface area contributed by atoms with Gasteiger partial charge in [0.05, 0.1) is 18.3 Å². The number of rotatable bonds is 4. The summed E-state index contributed by atoms with van der Waals surface area (Å²) in [5, 5.41) is 9.21. The number of anilines is 1. The average Bonchev–Trinajstić information content (AvgIpc) is 3.35. The summed E-state index contributed by atoms with van der Waals surface area (Å²) in [7, 11) is 0. The lowest BCUT2D eigenvalue weighted by Crippen LogP contribution is -2.41. The van der Waals surface area contributed by atoms with Crippen molar-refractivity contribution < 1.29 is 4.39 Å². The Balaban J connectivity index is 1.51. The SMILES string of the molecule is N#C[C@@]1(N)CCN(c2ccc(-c3ccnc(/C=C/c4ccc(F)cc4)c3)[nH]2)C1. The van der Waals surface area contributed by atoms with Gasteiger partial charge in [0.1, 0.15) is 17.2 Å². The van der Waals surface area contributed by atoms with E-state index in [1.807, 2.05) is 36.4 Å².